The van der Waals surface area contributed by atoms with Crippen LogP contribution in [-0.4, -0.2) is 6.26 Å². The summed E-state index contributed by atoms with van der Waals surface area (Å²) in [5.41, 5.74) is 5.73. The van der Waals surface area contributed by atoms with Crippen LogP contribution < -0.4 is 11.3 Å². The molecule has 3 unspecified atom stereocenters. The molecule has 2 aromatic carbocycles. The van der Waals surface area contributed by atoms with Gasteiger partial charge in [-0.05, 0) is 47.8 Å². The van der Waals surface area contributed by atoms with Crippen molar-refractivity contribution in [1.82, 2.24) is 5.43 Å². The van der Waals surface area contributed by atoms with Gasteiger partial charge in [-0.2, -0.15) is 0 Å². The van der Waals surface area contributed by atoms with Crippen molar-refractivity contribution in [1.29, 1.82) is 0 Å². The van der Waals surface area contributed by atoms with Gasteiger partial charge in [-0.1, -0.05) is 42.5 Å². The summed E-state index contributed by atoms with van der Waals surface area (Å²) in [7, 11) is 0. The van der Waals surface area contributed by atoms with E-state index in [4.69, 9.17) is 5.84 Å². The van der Waals surface area contributed by atoms with Crippen LogP contribution in [0.15, 0.2) is 59.5 Å². The van der Waals surface area contributed by atoms with E-state index in [0.29, 0.717) is 11.8 Å². The Labute approximate surface area is 124 Å². The largest absolute Gasteiger partial charge is 0.271 e. The molecule has 3 rings (SSSR count). The molecule has 1 fully saturated rings. The van der Waals surface area contributed by atoms with E-state index in [9.17, 15) is 0 Å². The van der Waals surface area contributed by atoms with Gasteiger partial charge in [-0.25, -0.2) is 0 Å². The minimum absolute atomic E-state index is 0.246. The van der Waals surface area contributed by atoms with Gasteiger partial charge in [0, 0.05) is 10.9 Å². The first-order valence-corrected chi connectivity index (χ1v) is 8.21. The quantitative estimate of drug-likeness (QED) is 0.499. The third kappa shape index (κ3) is 2.75. The summed E-state index contributed by atoms with van der Waals surface area (Å²) in [6, 6.07) is 19.7. The van der Waals surface area contributed by atoms with Crippen LogP contribution in [0.2, 0.25) is 0 Å². The van der Waals surface area contributed by atoms with Gasteiger partial charge in [-0.15, -0.1) is 11.8 Å². The second-order valence-corrected chi connectivity index (χ2v) is 6.21. The molecule has 0 spiro atoms. The van der Waals surface area contributed by atoms with Gasteiger partial charge in [0.25, 0.3) is 0 Å². The first-order chi connectivity index (χ1) is 9.83. The lowest BCUT2D eigenvalue weighted by molar-refractivity contribution is 0.487. The number of rotatable bonds is 5. The second-order valence-electron chi connectivity index (χ2n) is 5.33. The Balaban J connectivity index is 1.75. The van der Waals surface area contributed by atoms with E-state index in [1.807, 2.05) is 0 Å². The van der Waals surface area contributed by atoms with Crippen LogP contribution in [-0.2, 0) is 0 Å². The van der Waals surface area contributed by atoms with Crippen LogP contribution in [0.5, 0.6) is 0 Å². The smallest absolute Gasteiger partial charge is 0.0494 e. The van der Waals surface area contributed by atoms with Crippen LogP contribution >= 0.6 is 11.8 Å². The monoisotopic (exact) mass is 284 g/mol. The van der Waals surface area contributed by atoms with Crippen molar-refractivity contribution in [2.45, 2.75) is 23.3 Å². The van der Waals surface area contributed by atoms with E-state index < -0.39 is 0 Å². The van der Waals surface area contributed by atoms with Gasteiger partial charge < -0.3 is 0 Å². The van der Waals surface area contributed by atoms with Crippen LogP contribution in [0, 0.1) is 5.92 Å². The molecular formula is C17H20N2S. The fourth-order valence-corrected chi connectivity index (χ4v) is 3.35. The Morgan fingerprint density at radius 2 is 1.80 bits per heavy atom. The third-order valence-corrected chi connectivity index (χ3v) is 4.89. The zero-order chi connectivity index (χ0) is 13.9. The fraction of sp³-hybridized carbons (Fsp3) is 0.294. The Bertz CT molecular complexity index is 553. The molecule has 0 aromatic heterocycles. The van der Waals surface area contributed by atoms with Crippen molar-refractivity contribution in [3.8, 4) is 0 Å². The predicted octanol–water partition coefficient (Wildman–Crippen LogP) is 3.72. The Kier molecular flexibility index (Phi) is 4.10. The molecule has 2 aromatic rings. The van der Waals surface area contributed by atoms with E-state index in [1.165, 1.54) is 22.4 Å². The number of nitrogens with two attached hydrogens (primary N) is 1. The maximum atomic E-state index is 5.80. The van der Waals surface area contributed by atoms with Crippen LogP contribution in [0.1, 0.15) is 29.5 Å². The standard InChI is InChI=1S/C17H20N2S/c1-20-14-9-7-13(8-10-14)17(19-18)16-11-15(16)12-5-3-2-4-6-12/h2-10,15-17,19H,11,18H2,1H3. The normalized spacial score (nSPS) is 22.5. The highest BCUT2D eigenvalue weighted by Gasteiger charge is 2.43. The number of benzene rings is 2. The lowest BCUT2D eigenvalue weighted by atomic mass is 9.99. The summed E-state index contributed by atoms with van der Waals surface area (Å²) in [5, 5.41) is 0. The summed E-state index contributed by atoms with van der Waals surface area (Å²) in [5.74, 6) is 7.04. The fourth-order valence-electron chi connectivity index (χ4n) is 2.94. The number of hydrazine groups is 1. The summed E-state index contributed by atoms with van der Waals surface area (Å²) in [6.07, 6.45) is 3.31. The first kappa shape index (κ1) is 13.7. The van der Waals surface area contributed by atoms with E-state index in [1.54, 1.807) is 11.8 Å². The molecule has 1 aliphatic rings. The zero-order valence-corrected chi connectivity index (χ0v) is 12.4. The van der Waals surface area contributed by atoms with Gasteiger partial charge >= 0.3 is 0 Å². The highest BCUT2D eigenvalue weighted by Crippen LogP contribution is 2.53. The minimum atomic E-state index is 0.246. The van der Waals surface area contributed by atoms with Gasteiger partial charge in [0.05, 0.1) is 0 Å². The molecule has 0 bridgehead atoms. The summed E-state index contributed by atoms with van der Waals surface area (Å²) in [4.78, 5) is 1.29. The number of thioether (sulfide) groups is 1. The van der Waals surface area contributed by atoms with Crippen molar-refractivity contribution in [2.75, 3.05) is 6.26 Å². The van der Waals surface area contributed by atoms with Crippen molar-refractivity contribution in [3.05, 3.63) is 65.7 Å². The first-order valence-electron chi connectivity index (χ1n) is 6.98. The maximum Gasteiger partial charge on any atom is 0.0494 e. The molecule has 3 N–H and O–H groups in total. The molecule has 3 atom stereocenters. The predicted molar refractivity (Wildman–Crippen MR) is 85.6 cm³/mol. The summed E-state index contributed by atoms with van der Waals surface area (Å²) in [6.45, 7) is 0. The van der Waals surface area contributed by atoms with E-state index >= 15 is 0 Å². The second kappa shape index (κ2) is 6.00. The molecule has 3 heteroatoms. The van der Waals surface area contributed by atoms with Crippen molar-refractivity contribution >= 4 is 11.8 Å². The lowest BCUT2D eigenvalue weighted by Crippen LogP contribution is -2.29. The SMILES string of the molecule is CSc1ccc(C(NN)C2CC2c2ccccc2)cc1. The number of nitrogens with one attached hydrogen (secondary N) is 1. The summed E-state index contributed by atoms with van der Waals surface area (Å²) >= 11 is 1.77. The van der Waals surface area contributed by atoms with E-state index in [2.05, 4.69) is 66.3 Å². The Morgan fingerprint density at radius 1 is 1.10 bits per heavy atom. The van der Waals surface area contributed by atoms with Gasteiger partial charge in [0.15, 0.2) is 0 Å². The van der Waals surface area contributed by atoms with E-state index in [-0.39, 0.29) is 6.04 Å². The lowest BCUT2D eigenvalue weighted by Gasteiger charge is -2.17. The van der Waals surface area contributed by atoms with Crippen LogP contribution in [0.25, 0.3) is 0 Å². The van der Waals surface area contributed by atoms with Crippen LogP contribution in [0.3, 0.4) is 0 Å². The molecule has 104 valence electrons. The molecule has 0 amide bonds. The van der Waals surface area contributed by atoms with Crippen molar-refractivity contribution in [3.63, 3.8) is 0 Å². The average molecular weight is 284 g/mol. The van der Waals surface area contributed by atoms with Crippen LogP contribution in [0.4, 0.5) is 0 Å². The highest BCUT2D eigenvalue weighted by atomic mass is 32.2. The third-order valence-electron chi connectivity index (χ3n) is 4.15. The molecule has 2 nitrogen and oxygen atoms in total. The number of hydrogen-bond acceptors (Lipinski definition) is 3. The molecule has 1 aliphatic carbocycles. The molecule has 0 heterocycles. The zero-order valence-electron chi connectivity index (χ0n) is 11.6. The van der Waals surface area contributed by atoms with Gasteiger partial charge in [0.2, 0.25) is 0 Å². The number of hydrogen-bond donors (Lipinski definition) is 2. The van der Waals surface area contributed by atoms with Gasteiger partial charge in [-0.3, -0.25) is 11.3 Å². The Hall–Kier alpha value is -1.29. The molecule has 1 saturated carbocycles. The highest BCUT2D eigenvalue weighted by molar-refractivity contribution is 7.98. The summed E-state index contributed by atoms with van der Waals surface area (Å²) < 4.78 is 0. The topological polar surface area (TPSA) is 38.0 Å². The minimum Gasteiger partial charge on any atom is -0.271 e. The van der Waals surface area contributed by atoms with E-state index in [0.717, 1.165) is 0 Å². The molecular weight excluding hydrogens is 264 g/mol. The van der Waals surface area contributed by atoms with Gasteiger partial charge in [0.1, 0.15) is 0 Å². The molecule has 0 radical (unpaired) electrons. The Morgan fingerprint density at radius 3 is 2.40 bits per heavy atom. The molecule has 0 aliphatic heterocycles. The molecule has 0 saturated heterocycles. The average Bonchev–Trinajstić information content (AvgIpc) is 3.30. The maximum absolute atomic E-state index is 5.80. The molecule has 20 heavy (non-hydrogen) atoms. The van der Waals surface area contributed by atoms with Crippen molar-refractivity contribution in [2.24, 2.45) is 11.8 Å². The van der Waals surface area contributed by atoms with Crippen molar-refractivity contribution < 1.29 is 0 Å².